The SMILES string of the molecule is CCCCCCC/C=C/C(O)C#CC#CC(O)CC. The zero-order chi connectivity index (χ0) is 14.3. The van der Waals surface area contributed by atoms with Crippen molar-refractivity contribution in [1.82, 2.24) is 0 Å². The van der Waals surface area contributed by atoms with E-state index in [1.54, 1.807) is 6.08 Å². The van der Waals surface area contributed by atoms with E-state index in [2.05, 4.69) is 30.6 Å². The first-order chi connectivity index (χ1) is 9.20. The minimum absolute atomic E-state index is 0.592. The number of aliphatic hydroxyl groups is 2. The average Bonchev–Trinajstić information content (AvgIpc) is 2.42. The summed E-state index contributed by atoms with van der Waals surface area (Å²) in [7, 11) is 0. The second kappa shape index (κ2) is 13.2. The van der Waals surface area contributed by atoms with E-state index in [4.69, 9.17) is 5.11 Å². The molecule has 0 saturated carbocycles. The second-order valence-corrected chi connectivity index (χ2v) is 4.54. The minimum Gasteiger partial charge on any atom is -0.380 e. The Morgan fingerprint density at radius 2 is 1.63 bits per heavy atom. The van der Waals surface area contributed by atoms with Gasteiger partial charge in [-0.1, -0.05) is 57.4 Å². The Morgan fingerprint density at radius 3 is 2.32 bits per heavy atom. The van der Waals surface area contributed by atoms with Crippen LogP contribution in [0.1, 0.15) is 58.8 Å². The normalized spacial score (nSPS) is 13.3. The molecule has 2 N–H and O–H groups in total. The van der Waals surface area contributed by atoms with E-state index in [0.29, 0.717) is 6.42 Å². The average molecular weight is 262 g/mol. The highest BCUT2D eigenvalue weighted by Crippen LogP contribution is 2.05. The van der Waals surface area contributed by atoms with Gasteiger partial charge in [-0.05, 0) is 37.2 Å². The van der Waals surface area contributed by atoms with Crippen LogP contribution in [0.5, 0.6) is 0 Å². The minimum atomic E-state index is -0.760. The van der Waals surface area contributed by atoms with Gasteiger partial charge in [0.1, 0.15) is 12.2 Å². The fourth-order valence-corrected chi connectivity index (χ4v) is 1.47. The van der Waals surface area contributed by atoms with Gasteiger partial charge in [-0.25, -0.2) is 0 Å². The van der Waals surface area contributed by atoms with Gasteiger partial charge in [-0.3, -0.25) is 0 Å². The lowest BCUT2D eigenvalue weighted by Gasteiger charge is -1.97. The Labute approximate surface area is 117 Å². The summed E-state index contributed by atoms with van der Waals surface area (Å²) >= 11 is 0. The van der Waals surface area contributed by atoms with Crippen molar-refractivity contribution in [2.45, 2.75) is 71.0 Å². The molecule has 0 heterocycles. The molecule has 2 heteroatoms. The van der Waals surface area contributed by atoms with E-state index in [1.807, 2.05) is 13.0 Å². The summed E-state index contributed by atoms with van der Waals surface area (Å²) in [4.78, 5) is 0. The molecule has 0 aromatic heterocycles. The van der Waals surface area contributed by atoms with Gasteiger partial charge < -0.3 is 10.2 Å². The molecular weight excluding hydrogens is 236 g/mol. The van der Waals surface area contributed by atoms with E-state index in [-0.39, 0.29) is 0 Å². The predicted molar refractivity (Wildman–Crippen MR) is 80.4 cm³/mol. The molecule has 0 aromatic carbocycles. The van der Waals surface area contributed by atoms with Crippen LogP contribution in [0.15, 0.2) is 12.2 Å². The summed E-state index contributed by atoms with van der Waals surface area (Å²) in [5.41, 5.74) is 0. The Bertz CT molecular complexity index is 349. The topological polar surface area (TPSA) is 40.5 Å². The van der Waals surface area contributed by atoms with E-state index < -0.39 is 12.2 Å². The van der Waals surface area contributed by atoms with Gasteiger partial charge in [-0.2, -0.15) is 0 Å². The number of aliphatic hydroxyl groups excluding tert-OH is 2. The smallest absolute Gasteiger partial charge is 0.134 e. The number of allylic oxidation sites excluding steroid dienone is 1. The molecule has 0 aliphatic heterocycles. The zero-order valence-corrected chi connectivity index (χ0v) is 12.2. The lowest BCUT2D eigenvalue weighted by atomic mass is 10.1. The highest BCUT2D eigenvalue weighted by molar-refractivity contribution is 5.29. The van der Waals surface area contributed by atoms with Crippen LogP contribution in [0.4, 0.5) is 0 Å². The number of unbranched alkanes of at least 4 members (excludes halogenated alkanes) is 5. The van der Waals surface area contributed by atoms with E-state index in [0.717, 1.165) is 6.42 Å². The third-order valence-corrected chi connectivity index (χ3v) is 2.70. The summed E-state index contributed by atoms with van der Waals surface area (Å²) in [6.45, 7) is 4.06. The first kappa shape index (κ1) is 17.8. The molecule has 0 bridgehead atoms. The number of rotatable bonds is 8. The fraction of sp³-hybridized carbons (Fsp3) is 0.647. The van der Waals surface area contributed by atoms with Crippen LogP contribution in [0.2, 0.25) is 0 Å². The van der Waals surface area contributed by atoms with Crippen molar-refractivity contribution < 1.29 is 10.2 Å². The van der Waals surface area contributed by atoms with Crippen LogP contribution in [-0.4, -0.2) is 22.4 Å². The summed E-state index contributed by atoms with van der Waals surface area (Å²) < 4.78 is 0. The molecule has 0 rings (SSSR count). The monoisotopic (exact) mass is 262 g/mol. The first-order valence-corrected chi connectivity index (χ1v) is 7.24. The van der Waals surface area contributed by atoms with Gasteiger partial charge in [0.05, 0.1) is 0 Å². The van der Waals surface area contributed by atoms with Crippen molar-refractivity contribution in [3.63, 3.8) is 0 Å². The molecule has 2 unspecified atom stereocenters. The molecule has 2 atom stereocenters. The summed E-state index contributed by atoms with van der Waals surface area (Å²) in [5, 5.41) is 18.7. The van der Waals surface area contributed by atoms with Crippen LogP contribution in [0.3, 0.4) is 0 Å². The Hall–Kier alpha value is -1.22. The molecule has 0 spiro atoms. The molecule has 2 nitrogen and oxygen atoms in total. The maximum absolute atomic E-state index is 9.52. The van der Waals surface area contributed by atoms with Crippen LogP contribution >= 0.6 is 0 Å². The van der Waals surface area contributed by atoms with Gasteiger partial charge >= 0.3 is 0 Å². The maximum atomic E-state index is 9.52. The fourth-order valence-electron chi connectivity index (χ4n) is 1.47. The lowest BCUT2D eigenvalue weighted by Crippen LogP contribution is -1.99. The van der Waals surface area contributed by atoms with Gasteiger partial charge in [0, 0.05) is 0 Å². The molecule has 0 aliphatic carbocycles. The Balaban J connectivity index is 3.75. The third kappa shape index (κ3) is 13.0. The van der Waals surface area contributed by atoms with Crippen molar-refractivity contribution in [1.29, 1.82) is 0 Å². The van der Waals surface area contributed by atoms with Crippen LogP contribution in [0, 0.1) is 23.7 Å². The van der Waals surface area contributed by atoms with Gasteiger partial charge in [-0.15, -0.1) is 0 Å². The number of hydrogen-bond acceptors (Lipinski definition) is 2. The first-order valence-electron chi connectivity index (χ1n) is 7.24. The van der Waals surface area contributed by atoms with Gasteiger partial charge in [0.2, 0.25) is 0 Å². The molecule has 0 aromatic rings. The number of hydrogen-bond donors (Lipinski definition) is 2. The molecule has 0 fully saturated rings. The second-order valence-electron chi connectivity index (χ2n) is 4.54. The standard InChI is InChI=1S/C17H26O2/c1-3-5-6-7-8-9-10-14-17(19)15-12-11-13-16(18)4-2/h10,14,16-19H,3-9H2,1-2H3/b14-10+. The van der Waals surface area contributed by atoms with E-state index in [1.165, 1.54) is 32.1 Å². The largest absolute Gasteiger partial charge is 0.380 e. The van der Waals surface area contributed by atoms with Crippen LogP contribution < -0.4 is 0 Å². The Kier molecular flexibility index (Phi) is 12.4. The molecule has 0 amide bonds. The Morgan fingerprint density at radius 1 is 0.947 bits per heavy atom. The molecule has 0 aliphatic rings. The molecule has 106 valence electrons. The van der Waals surface area contributed by atoms with E-state index in [9.17, 15) is 5.11 Å². The maximum Gasteiger partial charge on any atom is 0.134 e. The van der Waals surface area contributed by atoms with Crippen molar-refractivity contribution in [2.24, 2.45) is 0 Å². The molecule has 0 saturated heterocycles. The molecule has 19 heavy (non-hydrogen) atoms. The molecule has 0 radical (unpaired) electrons. The lowest BCUT2D eigenvalue weighted by molar-refractivity contribution is 0.228. The van der Waals surface area contributed by atoms with Crippen molar-refractivity contribution >= 4 is 0 Å². The zero-order valence-electron chi connectivity index (χ0n) is 12.2. The van der Waals surface area contributed by atoms with Crippen molar-refractivity contribution in [3.8, 4) is 23.7 Å². The van der Waals surface area contributed by atoms with Gasteiger partial charge in [0.15, 0.2) is 0 Å². The summed E-state index contributed by atoms with van der Waals surface area (Å²) in [6.07, 6.45) is 10.1. The molecular formula is C17H26O2. The summed E-state index contributed by atoms with van der Waals surface area (Å²) in [5.74, 6) is 10.3. The van der Waals surface area contributed by atoms with Crippen molar-refractivity contribution in [2.75, 3.05) is 0 Å². The van der Waals surface area contributed by atoms with Gasteiger partial charge in [0.25, 0.3) is 0 Å². The van der Waals surface area contributed by atoms with E-state index >= 15 is 0 Å². The predicted octanol–water partition coefficient (Wildman–Crippen LogP) is 3.04. The van der Waals surface area contributed by atoms with Crippen molar-refractivity contribution in [3.05, 3.63) is 12.2 Å². The summed E-state index contributed by atoms with van der Waals surface area (Å²) in [6, 6.07) is 0. The van der Waals surface area contributed by atoms with Crippen LogP contribution in [0.25, 0.3) is 0 Å². The third-order valence-electron chi connectivity index (χ3n) is 2.70. The van der Waals surface area contributed by atoms with Crippen LogP contribution in [-0.2, 0) is 0 Å². The quantitative estimate of drug-likeness (QED) is 0.401. The highest BCUT2D eigenvalue weighted by atomic mass is 16.3. The highest BCUT2D eigenvalue weighted by Gasteiger charge is 1.91.